The normalized spacial score (nSPS) is 17.9. The van der Waals surface area contributed by atoms with Crippen LogP contribution in [0, 0.1) is 0 Å². The number of imide groups is 1. The highest BCUT2D eigenvalue weighted by atomic mass is 16.2. The Morgan fingerprint density at radius 3 is 2.35 bits per heavy atom. The zero-order valence-electron chi connectivity index (χ0n) is 11.0. The number of amides is 2. The average molecular weight is 241 g/mol. The standard InChI is InChI=1S/C12H23N3O2/c1-10(2)14(3)6-4-5-7-15-8-11(16)13-12(17)9-15/h10H,4-9H2,1-3H3,(H,13,16,17). The van der Waals surface area contributed by atoms with Crippen LogP contribution in [0.5, 0.6) is 0 Å². The van der Waals surface area contributed by atoms with Crippen molar-refractivity contribution in [2.75, 3.05) is 33.2 Å². The number of rotatable bonds is 6. The first-order valence-electron chi connectivity index (χ1n) is 6.24. The fourth-order valence-corrected chi connectivity index (χ4v) is 1.81. The summed E-state index contributed by atoms with van der Waals surface area (Å²) in [6.45, 7) is 6.94. The summed E-state index contributed by atoms with van der Waals surface area (Å²) in [7, 11) is 2.11. The molecular formula is C12H23N3O2. The van der Waals surface area contributed by atoms with E-state index in [9.17, 15) is 9.59 Å². The molecule has 0 aliphatic carbocycles. The van der Waals surface area contributed by atoms with Gasteiger partial charge in [0.2, 0.25) is 11.8 Å². The summed E-state index contributed by atoms with van der Waals surface area (Å²) < 4.78 is 0. The Bertz CT molecular complexity index is 263. The van der Waals surface area contributed by atoms with Crippen LogP contribution in [-0.2, 0) is 9.59 Å². The molecule has 0 aromatic rings. The Labute approximate surface area is 103 Å². The lowest BCUT2D eigenvalue weighted by Crippen LogP contribution is -2.51. The second-order valence-electron chi connectivity index (χ2n) is 4.96. The second-order valence-corrected chi connectivity index (χ2v) is 4.96. The Kier molecular flexibility index (Phi) is 5.58. The number of nitrogens with one attached hydrogen (secondary N) is 1. The lowest BCUT2D eigenvalue weighted by Gasteiger charge is -2.26. The molecule has 2 amide bonds. The Morgan fingerprint density at radius 1 is 1.24 bits per heavy atom. The molecular weight excluding hydrogens is 218 g/mol. The van der Waals surface area contributed by atoms with Crippen LogP contribution in [0.15, 0.2) is 0 Å². The van der Waals surface area contributed by atoms with Crippen LogP contribution in [0.25, 0.3) is 0 Å². The summed E-state index contributed by atoms with van der Waals surface area (Å²) in [5.74, 6) is -0.360. The van der Waals surface area contributed by atoms with Gasteiger partial charge in [0.05, 0.1) is 13.1 Å². The highest BCUT2D eigenvalue weighted by molar-refractivity contribution is 5.99. The minimum absolute atomic E-state index is 0.180. The number of carbonyl (C=O) groups excluding carboxylic acids is 2. The summed E-state index contributed by atoms with van der Waals surface area (Å²) in [5, 5.41) is 2.31. The van der Waals surface area contributed by atoms with Crippen LogP contribution in [0.1, 0.15) is 26.7 Å². The first kappa shape index (κ1) is 14.1. The topological polar surface area (TPSA) is 52.6 Å². The molecule has 1 saturated heterocycles. The number of nitrogens with zero attached hydrogens (tertiary/aromatic N) is 2. The molecule has 0 atom stereocenters. The number of carbonyl (C=O) groups is 2. The third-order valence-corrected chi connectivity index (χ3v) is 3.13. The third kappa shape index (κ3) is 5.28. The maximum atomic E-state index is 11.1. The lowest BCUT2D eigenvalue weighted by atomic mass is 10.2. The van der Waals surface area contributed by atoms with Gasteiger partial charge in [0.25, 0.3) is 0 Å². The maximum Gasteiger partial charge on any atom is 0.240 e. The van der Waals surface area contributed by atoms with E-state index < -0.39 is 0 Å². The van der Waals surface area contributed by atoms with E-state index in [2.05, 4.69) is 31.1 Å². The largest absolute Gasteiger partial charge is 0.304 e. The smallest absolute Gasteiger partial charge is 0.240 e. The van der Waals surface area contributed by atoms with Crippen molar-refractivity contribution in [1.29, 1.82) is 0 Å². The highest BCUT2D eigenvalue weighted by Gasteiger charge is 2.21. The summed E-state index contributed by atoms with van der Waals surface area (Å²) in [6, 6.07) is 0.567. The molecule has 0 aromatic heterocycles. The Morgan fingerprint density at radius 2 is 1.82 bits per heavy atom. The van der Waals surface area contributed by atoms with Crippen molar-refractivity contribution in [2.24, 2.45) is 0 Å². The van der Waals surface area contributed by atoms with E-state index in [1.165, 1.54) is 0 Å². The van der Waals surface area contributed by atoms with Gasteiger partial charge in [-0.25, -0.2) is 0 Å². The maximum absolute atomic E-state index is 11.1. The predicted octanol–water partition coefficient (Wildman–Crippen LogP) is 0.0652. The minimum Gasteiger partial charge on any atom is -0.304 e. The van der Waals surface area contributed by atoms with E-state index in [0.29, 0.717) is 19.1 Å². The van der Waals surface area contributed by atoms with Crippen molar-refractivity contribution in [1.82, 2.24) is 15.1 Å². The van der Waals surface area contributed by atoms with Crippen LogP contribution in [-0.4, -0.2) is 60.9 Å². The van der Waals surface area contributed by atoms with E-state index in [1.54, 1.807) is 0 Å². The zero-order chi connectivity index (χ0) is 12.8. The van der Waals surface area contributed by atoms with Gasteiger partial charge in [-0.15, -0.1) is 0 Å². The van der Waals surface area contributed by atoms with E-state index in [4.69, 9.17) is 0 Å². The molecule has 0 bridgehead atoms. The van der Waals surface area contributed by atoms with Crippen molar-refractivity contribution >= 4 is 11.8 Å². The molecule has 1 aliphatic heterocycles. The lowest BCUT2D eigenvalue weighted by molar-refractivity contribution is -0.136. The Balaban J connectivity index is 2.14. The van der Waals surface area contributed by atoms with Gasteiger partial charge in [-0.1, -0.05) is 0 Å². The van der Waals surface area contributed by atoms with Gasteiger partial charge < -0.3 is 4.90 Å². The zero-order valence-corrected chi connectivity index (χ0v) is 11.0. The molecule has 0 spiro atoms. The summed E-state index contributed by atoms with van der Waals surface area (Å²) >= 11 is 0. The number of unbranched alkanes of at least 4 members (excludes halogenated alkanes) is 1. The van der Waals surface area contributed by atoms with Crippen LogP contribution >= 0.6 is 0 Å². The van der Waals surface area contributed by atoms with Crippen molar-refractivity contribution < 1.29 is 9.59 Å². The first-order chi connectivity index (χ1) is 7.99. The van der Waals surface area contributed by atoms with Crippen molar-refractivity contribution in [2.45, 2.75) is 32.7 Å². The van der Waals surface area contributed by atoms with Crippen molar-refractivity contribution in [3.8, 4) is 0 Å². The number of hydrogen-bond donors (Lipinski definition) is 1. The monoisotopic (exact) mass is 241 g/mol. The molecule has 5 heteroatoms. The van der Waals surface area contributed by atoms with Crippen LogP contribution in [0.3, 0.4) is 0 Å². The molecule has 0 aromatic carbocycles. The Hall–Kier alpha value is -0.940. The predicted molar refractivity (Wildman–Crippen MR) is 66.6 cm³/mol. The van der Waals surface area contributed by atoms with Gasteiger partial charge in [-0.3, -0.25) is 19.8 Å². The fraction of sp³-hybridized carbons (Fsp3) is 0.833. The minimum atomic E-state index is -0.180. The first-order valence-corrected chi connectivity index (χ1v) is 6.24. The SMILES string of the molecule is CC(C)N(C)CCCCN1CC(=O)NC(=O)C1. The van der Waals surface area contributed by atoms with Crippen LogP contribution < -0.4 is 5.32 Å². The van der Waals surface area contributed by atoms with Crippen LogP contribution in [0.2, 0.25) is 0 Å². The van der Waals surface area contributed by atoms with Gasteiger partial charge >= 0.3 is 0 Å². The van der Waals surface area contributed by atoms with Crippen molar-refractivity contribution in [3.05, 3.63) is 0 Å². The fourth-order valence-electron chi connectivity index (χ4n) is 1.81. The van der Waals surface area contributed by atoms with Crippen molar-refractivity contribution in [3.63, 3.8) is 0 Å². The summed E-state index contributed by atoms with van der Waals surface area (Å²) in [4.78, 5) is 26.5. The summed E-state index contributed by atoms with van der Waals surface area (Å²) in [6.07, 6.45) is 2.12. The van der Waals surface area contributed by atoms with Gasteiger partial charge in [0.15, 0.2) is 0 Å². The molecule has 1 rings (SSSR count). The molecule has 1 N–H and O–H groups in total. The summed E-state index contributed by atoms with van der Waals surface area (Å²) in [5.41, 5.74) is 0. The molecule has 0 unspecified atom stereocenters. The van der Waals surface area contributed by atoms with E-state index in [-0.39, 0.29) is 11.8 Å². The van der Waals surface area contributed by atoms with Gasteiger partial charge in [-0.05, 0) is 46.8 Å². The molecule has 98 valence electrons. The quantitative estimate of drug-likeness (QED) is 0.528. The molecule has 1 fully saturated rings. The molecule has 1 aliphatic rings. The molecule has 0 saturated carbocycles. The molecule has 17 heavy (non-hydrogen) atoms. The molecule has 5 nitrogen and oxygen atoms in total. The second kappa shape index (κ2) is 6.71. The van der Waals surface area contributed by atoms with E-state index >= 15 is 0 Å². The average Bonchev–Trinajstić information content (AvgIpc) is 2.22. The number of hydrogen-bond acceptors (Lipinski definition) is 4. The molecule has 0 radical (unpaired) electrons. The molecule has 1 heterocycles. The van der Waals surface area contributed by atoms with Crippen LogP contribution in [0.4, 0.5) is 0 Å². The van der Waals surface area contributed by atoms with E-state index in [1.807, 2.05) is 4.90 Å². The van der Waals surface area contributed by atoms with Gasteiger partial charge in [0, 0.05) is 6.04 Å². The van der Waals surface area contributed by atoms with Gasteiger partial charge in [0.1, 0.15) is 0 Å². The third-order valence-electron chi connectivity index (χ3n) is 3.13. The van der Waals surface area contributed by atoms with E-state index in [0.717, 1.165) is 25.9 Å². The van der Waals surface area contributed by atoms with Gasteiger partial charge in [-0.2, -0.15) is 0 Å². The highest BCUT2D eigenvalue weighted by Crippen LogP contribution is 2.01. The number of piperazine rings is 1.